The molecule has 0 atom stereocenters. The van der Waals surface area contributed by atoms with Gasteiger partial charge in [-0.05, 0) is 25.0 Å². The van der Waals surface area contributed by atoms with Gasteiger partial charge in [0, 0.05) is 13.0 Å². The second-order valence-corrected chi connectivity index (χ2v) is 3.63. The van der Waals surface area contributed by atoms with Crippen molar-refractivity contribution >= 4 is 11.0 Å². The monoisotopic (exact) mass is 172 g/mol. The Bertz CT molecular complexity index is 442. The highest BCUT2D eigenvalue weighted by Crippen LogP contribution is 2.21. The van der Waals surface area contributed by atoms with Crippen molar-refractivity contribution in [3.05, 3.63) is 30.1 Å². The van der Waals surface area contributed by atoms with Gasteiger partial charge in [0.25, 0.3) is 0 Å². The van der Waals surface area contributed by atoms with Crippen LogP contribution in [0.3, 0.4) is 0 Å². The molecule has 2 heteroatoms. The summed E-state index contributed by atoms with van der Waals surface area (Å²) in [6, 6.07) is 8.41. The third kappa shape index (κ3) is 0.981. The Balaban J connectivity index is 2.34. The third-order valence-electron chi connectivity index (χ3n) is 2.77. The van der Waals surface area contributed by atoms with Gasteiger partial charge in [0.1, 0.15) is 5.82 Å². The lowest BCUT2D eigenvalue weighted by Gasteiger charge is -2.13. The zero-order chi connectivity index (χ0) is 8.67. The number of para-hydroxylation sites is 2. The highest BCUT2D eigenvalue weighted by Gasteiger charge is 2.12. The Kier molecular flexibility index (Phi) is 1.42. The minimum Gasteiger partial charge on any atom is -0.328 e. The largest absolute Gasteiger partial charge is 0.328 e. The zero-order valence-electron chi connectivity index (χ0n) is 7.53. The van der Waals surface area contributed by atoms with Crippen LogP contribution in [0.2, 0.25) is 0 Å². The van der Waals surface area contributed by atoms with Crippen molar-refractivity contribution in [2.45, 2.75) is 25.8 Å². The molecule has 2 nitrogen and oxygen atoms in total. The van der Waals surface area contributed by atoms with E-state index in [0.29, 0.717) is 0 Å². The third-order valence-corrected chi connectivity index (χ3v) is 2.77. The first kappa shape index (κ1) is 7.13. The van der Waals surface area contributed by atoms with E-state index in [-0.39, 0.29) is 0 Å². The number of imidazole rings is 1. The number of aryl methyl sites for hydroxylation is 2. The molecule has 0 bridgehead atoms. The first-order chi connectivity index (χ1) is 6.45. The van der Waals surface area contributed by atoms with Gasteiger partial charge in [0.2, 0.25) is 0 Å². The average Bonchev–Trinajstić information content (AvgIpc) is 2.56. The molecule has 0 spiro atoms. The second kappa shape index (κ2) is 2.59. The van der Waals surface area contributed by atoms with Crippen molar-refractivity contribution in [1.82, 2.24) is 9.55 Å². The van der Waals surface area contributed by atoms with E-state index in [1.807, 2.05) is 0 Å². The molecule has 1 aliphatic heterocycles. The summed E-state index contributed by atoms with van der Waals surface area (Å²) < 4.78 is 2.36. The van der Waals surface area contributed by atoms with Gasteiger partial charge >= 0.3 is 0 Å². The van der Waals surface area contributed by atoms with Crippen molar-refractivity contribution in [3.8, 4) is 0 Å². The van der Waals surface area contributed by atoms with E-state index in [2.05, 4.69) is 33.8 Å². The molecular weight excluding hydrogens is 160 g/mol. The highest BCUT2D eigenvalue weighted by atomic mass is 15.1. The lowest BCUT2D eigenvalue weighted by Crippen LogP contribution is -2.09. The fourth-order valence-corrected chi connectivity index (χ4v) is 2.12. The molecule has 1 aromatic carbocycles. The smallest absolute Gasteiger partial charge is 0.109 e. The van der Waals surface area contributed by atoms with Gasteiger partial charge in [0.15, 0.2) is 0 Å². The van der Waals surface area contributed by atoms with Crippen LogP contribution in [0.15, 0.2) is 24.3 Å². The molecule has 2 aromatic rings. The minimum atomic E-state index is 1.15. The van der Waals surface area contributed by atoms with Gasteiger partial charge in [-0.15, -0.1) is 0 Å². The van der Waals surface area contributed by atoms with Gasteiger partial charge in [-0.1, -0.05) is 12.1 Å². The summed E-state index contributed by atoms with van der Waals surface area (Å²) in [7, 11) is 0. The summed E-state index contributed by atoms with van der Waals surface area (Å²) in [5.74, 6) is 1.27. The van der Waals surface area contributed by atoms with Crippen LogP contribution in [0.4, 0.5) is 0 Å². The van der Waals surface area contributed by atoms with Crippen LogP contribution in [0, 0.1) is 0 Å². The molecular formula is C11H12N2. The number of rotatable bonds is 0. The van der Waals surface area contributed by atoms with Gasteiger partial charge in [-0.25, -0.2) is 4.98 Å². The Morgan fingerprint density at radius 2 is 2.08 bits per heavy atom. The van der Waals surface area contributed by atoms with Crippen LogP contribution >= 0.6 is 0 Å². The molecule has 0 saturated heterocycles. The molecule has 0 saturated carbocycles. The van der Waals surface area contributed by atoms with E-state index < -0.39 is 0 Å². The first-order valence-electron chi connectivity index (χ1n) is 4.89. The molecule has 0 fully saturated rings. The standard InChI is InChI=1S/C11H12N2/c1-2-6-10-9(5-1)12-11-7-3-4-8-13(10)11/h1-2,5-6H,3-4,7-8H2. The molecule has 0 aliphatic carbocycles. The highest BCUT2D eigenvalue weighted by molar-refractivity contribution is 5.75. The molecule has 1 aliphatic rings. The van der Waals surface area contributed by atoms with Crippen LogP contribution in [0.5, 0.6) is 0 Å². The van der Waals surface area contributed by atoms with E-state index >= 15 is 0 Å². The number of hydrogen-bond acceptors (Lipinski definition) is 1. The van der Waals surface area contributed by atoms with E-state index in [0.717, 1.165) is 18.5 Å². The van der Waals surface area contributed by atoms with Crippen molar-refractivity contribution in [3.63, 3.8) is 0 Å². The number of nitrogens with zero attached hydrogens (tertiary/aromatic N) is 2. The molecule has 0 unspecified atom stereocenters. The molecule has 2 heterocycles. The van der Waals surface area contributed by atoms with E-state index in [1.54, 1.807) is 0 Å². The lowest BCUT2D eigenvalue weighted by atomic mass is 10.2. The van der Waals surface area contributed by atoms with Crippen LogP contribution in [0.1, 0.15) is 18.7 Å². The Labute approximate surface area is 77.2 Å². The van der Waals surface area contributed by atoms with E-state index in [9.17, 15) is 0 Å². The van der Waals surface area contributed by atoms with Crippen LogP contribution < -0.4 is 0 Å². The average molecular weight is 172 g/mol. The Morgan fingerprint density at radius 1 is 1.15 bits per heavy atom. The summed E-state index contributed by atoms with van der Waals surface area (Å²) in [4.78, 5) is 4.62. The van der Waals surface area contributed by atoms with Crippen molar-refractivity contribution < 1.29 is 0 Å². The fraction of sp³-hybridized carbons (Fsp3) is 0.364. The molecule has 3 rings (SSSR count). The maximum atomic E-state index is 4.62. The Hall–Kier alpha value is -1.31. The predicted molar refractivity (Wildman–Crippen MR) is 52.7 cm³/mol. The molecule has 13 heavy (non-hydrogen) atoms. The van der Waals surface area contributed by atoms with Crippen LogP contribution in [-0.4, -0.2) is 9.55 Å². The molecule has 0 radical (unpaired) electrons. The summed E-state index contributed by atoms with van der Waals surface area (Å²) in [6.45, 7) is 1.15. The molecule has 1 aromatic heterocycles. The van der Waals surface area contributed by atoms with Crippen molar-refractivity contribution in [2.24, 2.45) is 0 Å². The van der Waals surface area contributed by atoms with Gasteiger partial charge in [-0.2, -0.15) is 0 Å². The molecule has 0 amide bonds. The quantitative estimate of drug-likeness (QED) is 0.596. The Morgan fingerprint density at radius 3 is 3.08 bits per heavy atom. The maximum absolute atomic E-state index is 4.62. The van der Waals surface area contributed by atoms with Gasteiger partial charge in [0.05, 0.1) is 11.0 Å². The summed E-state index contributed by atoms with van der Waals surface area (Å²) in [5.41, 5.74) is 2.46. The van der Waals surface area contributed by atoms with Gasteiger partial charge < -0.3 is 4.57 Å². The summed E-state index contributed by atoms with van der Waals surface area (Å²) in [6.07, 6.45) is 3.74. The SMILES string of the molecule is c1ccc2c(c1)nc1n2CCCC1. The number of aromatic nitrogens is 2. The fourth-order valence-electron chi connectivity index (χ4n) is 2.12. The minimum absolute atomic E-state index is 1.15. The number of hydrogen-bond donors (Lipinski definition) is 0. The normalized spacial score (nSPS) is 16.0. The predicted octanol–water partition coefficient (Wildman–Crippen LogP) is 2.37. The topological polar surface area (TPSA) is 17.8 Å². The summed E-state index contributed by atoms with van der Waals surface area (Å²) in [5, 5.41) is 0. The van der Waals surface area contributed by atoms with Gasteiger partial charge in [-0.3, -0.25) is 0 Å². The van der Waals surface area contributed by atoms with E-state index in [4.69, 9.17) is 0 Å². The number of fused-ring (bicyclic) bond motifs is 3. The number of benzene rings is 1. The molecule has 66 valence electrons. The first-order valence-corrected chi connectivity index (χ1v) is 4.89. The van der Waals surface area contributed by atoms with Crippen LogP contribution in [0.25, 0.3) is 11.0 Å². The van der Waals surface area contributed by atoms with E-state index in [1.165, 1.54) is 24.2 Å². The van der Waals surface area contributed by atoms with Crippen molar-refractivity contribution in [1.29, 1.82) is 0 Å². The van der Waals surface area contributed by atoms with Crippen LogP contribution in [-0.2, 0) is 13.0 Å². The van der Waals surface area contributed by atoms with Crippen molar-refractivity contribution in [2.75, 3.05) is 0 Å². The molecule has 0 N–H and O–H groups in total. The zero-order valence-corrected chi connectivity index (χ0v) is 7.53. The lowest BCUT2D eigenvalue weighted by molar-refractivity contribution is 0.533. The second-order valence-electron chi connectivity index (χ2n) is 3.63. The maximum Gasteiger partial charge on any atom is 0.109 e. The summed E-state index contributed by atoms with van der Waals surface area (Å²) >= 11 is 0.